The first kappa shape index (κ1) is 19.4. The van der Waals surface area contributed by atoms with Gasteiger partial charge in [0, 0.05) is 11.3 Å². The molecule has 1 N–H and O–H groups in total. The van der Waals surface area contributed by atoms with Gasteiger partial charge in [-0.25, -0.2) is 9.67 Å². The molecular weight excluding hydrogens is 382 g/mol. The average molecular weight is 403 g/mol. The molecule has 8 nitrogen and oxygen atoms in total. The summed E-state index contributed by atoms with van der Waals surface area (Å²) in [7, 11) is 0. The molecule has 0 bridgehead atoms. The second-order valence-electron chi connectivity index (χ2n) is 6.86. The molecule has 0 saturated carbocycles. The van der Waals surface area contributed by atoms with E-state index < -0.39 is 0 Å². The number of aryl methyl sites for hydroxylation is 2. The molecule has 0 saturated heterocycles. The first-order valence-electron chi connectivity index (χ1n) is 9.46. The smallest absolute Gasteiger partial charge is 0.255 e. The van der Waals surface area contributed by atoms with E-state index in [9.17, 15) is 4.79 Å². The maximum absolute atomic E-state index is 12.6. The summed E-state index contributed by atoms with van der Waals surface area (Å²) in [4.78, 5) is 16.6. The molecule has 0 aliphatic rings. The molecule has 152 valence electrons. The van der Waals surface area contributed by atoms with Gasteiger partial charge in [0.2, 0.25) is 0 Å². The monoisotopic (exact) mass is 403 g/mol. The third-order valence-electron chi connectivity index (χ3n) is 4.68. The molecule has 4 aromatic rings. The molecule has 4 rings (SSSR count). The van der Waals surface area contributed by atoms with Crippen LogP contribution < -0.4 is 10.1 Å². The minimum Gasteiger partial charge on any atom is -0.489 e. The number of benzene rings is 2. The van der Waals surface area contributed by atoms with E-state index in [0.717, 1.165) is 22.6 Å². The highest BCUT2D eigenvalue weighted by Crippen LogP contribution is 2.19. The molecule has 2 aromatic carbocycles. The minimum absolute atomic E-state index is 0.207. The highest BCUT2D eigenvalue weighted by atomic mass is 16.5. The predicted octanol–water partition coefficient (Wildman–Crippen LogP) is 3.76. The number of nitrogens with one attached hydrogen (secondary N) is 1. The lowest BCUT2D eigenvalue weighted by Gasteiger charge is -2.09. The van der Waals surface area contributed by atoms with Gasteiger partial charge >= 0.3 is 0 Å². The zero-order valence-electron chi connectivity index (χ0n) is 16.7. The number of hydrogen-bond acceptors (Lipinski definition) is 6. The summed E-state index contributed by atoms with van der Waals surface area (Å²) in [6.45, 7) is 4.67. The molecule has 8 heteroatoms. The van der Waals surface area contributed by atoms with Crippen molar-refractivity contribution in [1.82, 2.24) is 19.9 Å². The summed E-state index contributed by atoms with van der Waals surface area (Å²) in [6, 6.07) is 14.7. The predicted molar refractivity (Wildman–Crippen MR) is 110 cm³/mol. The lowest BCUT2D eigenvalue weighted by Crippen LogP contribution is -2.12. The molecule has 2 aromatic heterocycles. The van der Waals surface area contributed by atoms with Crippen molar-refractivity contribution >= 4 is 11.6 Å². The van der Waals surface area contributed by atoms with Crippen LogP contribution >= 0.6 is 0 Å². The fourth-order valence-corrected chi connectivity index (χ4v) is 2.99. The van der Waals surface area contributed by atoms with Crippen molar-refractivity contribution in [3.05, 3.63) is 89.3 Å². The Morgan fingerprint density at radius 3 is 2.70 bits per heavy atom. The molecule has 30 heavy (non-hydrogen) atoms. The molecule has 2 heterocycles. The SMILES string of the molecule is Cc1noc(C)c1COc1cccc(C(=O)Nc2ccc(Cn3cncn3)cc2)c1. The summed E-state index contributed by atoms with van der Waals surface area (Å²) < 4.78 is 12.7. The fraction of sp³-hybridized carbons (Fsp3) is 0.182. The molecule has 0 atom stereocenters. The molecule has 0 spiro atoms. The summed E-state index contributed by atoms with van der Waals surface area (Å²) in [5, 5.41) is 10.9. The van der Waals surface area contributed by atoms with Crippen molar-refractivity contribution in [3.8, 4) is 5.75 Å². The zero-order valence-corrected chi connectivity index (χ0v) is 16.7. The zero-order chi connectivity index (χ0) is 20.9. The van der Waals surface area contributed by atoms with Crippen molar-refractivity contribution in [3.63, 3.8) is 0 Å². The van der Waals surface area contributed by atoms with Gasteiger partial charge in [0.15, 0.2) is 0 Å². The Morgan fingerprint density at radius 1 is 1.17 bits per heavy atom. The van der Waals surface area contributed by atoms with Crippen molar-refractivity contribution in [2.75, 3.05) is 5.32 Å². The average Bonchev–Trinajstić information content (AvgIpc) is 3.38. The number of nitrogens with zero attached hydrogens (tertiary/aromatic N) is 4. The van der Waals surface area contributed by atoms with E-state index in [1.807, 2.05) is 44.2 Å². The van der Waals surface area contributed by atoms with E-state index in [-0.39, 0.29) is 5.91 Å². The summed E-state index contributed by atoms with van der Waals surface area (Å²) >= 11 is 0. The van der Waals surface area contributed by atoms with Crippen LogP contribution in [0.15, 0.2) is 65.7 Å². The number of rotatable bonds is 7. The summed E-state index contributed by atoms with van der Waals surface area (Å²) in [5.74, 6) is 1.13. The summed E-state index contributed by atoms with van der Waals surface area (Å²) in [5.41, 5.74) is 4.00. The molecule has 0 aliphatic heterocycles. The first-order chi connectivity index (χ1) is 14.6. The van der Waals surface area contributed by atoms with Crippen molar-refractivity contribution in [2.45, 2.75) is 27.0 Å². The van der Waals surface area contributed by atoms with Gasteiger partial charge in [0.1, 0.15) is 30.8 Å². The topological polar surface area (TPSA) is 95.1 Å². The third kappa shape index (κ3) is 4.54. The molecule has 1 amide bonds. The number of anilines is 1. The Kier molecular flexibility index (Phi) is 5.56. The van der Waals surface area contributed by atoms with Crippen LogP contribution in [-0.4, -0.2) is 25.8 Å². The molecule has 0 unspecified atom stereocenters. The molecule has 0 fully saturated rings. The van der Waals surface area contributed by atoms with Crippen LogP contribution in [0.1, 0.15) is 32.9 Å². The number of hydrogen-bond donors (Lipinski definition) is 1. The fourth-order valence-electron chi connectivity index (χ4n) is 2.99. The van der Waals surface area contributed by atoms with Gasteiger partial charge in [-0.1, -0.05) is 23.4 Å². The number of amides is 1. The number of carbonyl (C=O) groups excluding carboxylic acids is 1. The van der Waals surface area contributed by atoms with E-state index in [1.54, 1.807) is 29.2 Å². The lowest BCUT2D eigenvalue weighted by atomic mass is 10.1. The van der Waals surface area contributed by atoms with E-state index in [1.165, 1.54) is 6.33 Å². The van der Waals surface area contributed by atoms with E-state index >= 15 is 0 Å². The Morgan fingerprint density at radius 2 is 2.00 bits per heavy atom. The largest absolute Gasteiger partial charge is 0.489 e. The maximum atomic E-state index is 12.6. The van der Waals surface area contributed by atoms with Crippen LogP contribution in [-0.2, 0) is 13.2 Å². The maximum Gasteiger partial charge on any atom is 0.255 e. The van der Waals surface area contributed by atoms with Gasteiger partial charge < -0.3 is 14.6 Å². The van der Waals surface area contributed by atoms with E-state index in [4.69, 9.17) is 9.26 Å². The lowest BCUT2D eigenvalue weighted by molar-refractivity contribution is 0.102. The van der Waals surface area contributed by atoms with E-state index in [0.29, 0.717) is 30.2 Å². The standard InChI is InChI=1S/C22H21N5O3/c1-15-21(16(2)30-26-15)12-29-20-5-3-4-18(10-20)22(28)25-19-8-6-17(7-9-19)11-27-14-23-13-24-27/h3-10,13-14H,11-12H2,1-2H3,(H,25,28). The van der Waals surface area contributed by atoms with Crippen LogP contribution in [0.3, 0.4) is 0 Å². The molecule has 0 radical (unpaired) electrons. The highest BCUT2D eigenvalue weighted by molar-refractivity contribution is 6.04. The van der Waals surface area contributed by atoms with Crippen molar-refractivity contribution < 1.29 is 14.1 Å². The second kappa shape index (κ2) is 8.60. The quantitative estimate of drug-likeness (QED) is 0.505. The normalized spacial score (nSPS) is 10.7. The Bertz CT molecular complexity index is 1110. The molecule has 0 aliphatic carbocycles. The number of aromatic nitrogens is 4. The Labute approximate surface area is 173 Å². The number of ether oxygens (including phenoxy) is 1. The van der Waals surface area contributed by atoms with Gasteiger partial charge in [0.25, 0.3) is 5.91 Å². The third-order valence-corrected chi connectivity index (χ3v) is 4.68. The minimum atomic E-state index is -0.207. The van der Waals surface area contributed by atoms with Crippen LogP contribution in [0.2, 0.25) is 0 Å². The van der Waals surface area contributed by atoms with Gasteiger partial charge in [-0.2, -0.15) is 5.10 Å². The van der Waals surface area contributed by atoms with Gasteiger partial charge in [0.05, 0.1) is 17.8 Å². The van der Waals surface area contributed by atoms with Gasteiger partial charge in [-0.05, 0) is 49.7 Å². The van der Waals surface area contributed by atoms with Crippen LogP contribution in [0.4, 0.5) is 5.69 Å². The first-order valence-corrected chi connectivity index (χ1v) is 9.46. The Balaban J connectivity index is 1.38. The van der Waals surface area contributed by atoms with Crippen LogP contribution in [0.25, 0.3) is 0 Å². The van der Waals surface area contributed by atoms with Crippen LogP contribution in [0, 0.1) is 13.8 Å². The van der Waals surface area contributed by atoms with Crippen LogP contribution in [0.5, 0.6) is 5.75 Å². The Hall–Kier alpha value is -3.94. The number of carbonyl (C=O) groups is 1. The van der Waals surface area contributed by atoms with Crippen molar-refractivity contribution in [2.24, 2.45) is 0 Å². The van der Waals surface area contributed by atoms with Crippen molar-refractivity contribution in [1.29, 1.82) is 0 Å². The highest BCUT2D eigenvalue weighted by Gasteiger charge is 2.11. The van der Waals surface area contributed by atoms with Gasteiger partial charge in [-0.3, -0.25) is 4.79 Å². The summed E-state index contributed by atoms with van der Waals surface area (Å²) in [6.07, 6.45) is 3.16. The second-order valence-corrected chi connectivity index (χ2v) is 6.86. The van der Waals surface area contributed by atoms with E-state index in [2.05, 4.69) is 20.6 Å². The molecular formula is C22H21N5O3. The van der Waals surface area contributed by atoms with Gasteiger partial charge in [-0.15, -0.1) is 0 Å².